The summed E-state index contributed by atoms with van der Waals surface area (Å²) in [5.74, 6) is 0. The van der Waals surface area contributed by atoms with Crippen LogP contribution in [0, 0.1) is 0 Å². The van der Waals surface area contributed by atoms with Crippen molar-refractivity contribution in [1.29, 1.82) is 0 Å². The highest BCUT2D eigenvalue weighted by molar-refractivity contribution is 8.01. The molecule has 0 radical (unpaired) electrons. The van der Waals surface area contributed by atoms with Crippen molar-refractivity contribution in [1.82, 2.24) is 0 Å². The van der Waals surface area contributed by atoms with E-state index in [4.69, 9.17) is 0 Å². The van der Waals surface area contributed by atoms with Gasteiger partial charge in [-0.25, -0.2) is 0 Å². The maximum Gasteiger partial charge on any atom is 0.417 e. The summed E-state index contributed by atoms with van der Waals surface area (Å²) in [7, 11) is 0. The molecule has 98 valence electrons. The molecular weight excluding hydrogens is 259 g/mol. The highest BCUT2D eigenvalue weighted by Crippen LogP contribution is 2.53. The van der Waals surface area contributed by atoms with E-state index in [0.29, 0.717) is 10.6 Å². The molecule has 1 fully saturated rings. The van der Waals surface area contributed by atoms with Crippen molar-refractivity contribution in [2.24, 2.45) is 0 Å². The first-order valence-corrected chi connectivity index (χ1v) is 6.95. The van der Waals surface area contributed by atoms with Crippen LogP contribution in [0.1, 0.15) is 31.2 Å². The lowest BCUT2D eigenvalue weighted by Crippen LogP contribution is -2.34. The minimum Gasteiger partial charge on any atom is -0.383 e. The van der Waals surface area contributed by atoms with Crippen molar-refractivity contribution in [3.05, 3.63) is 23.8 Å². The summed E-state index contributed by atoms with van der Waals surface area (Å²) in [5.41, 5.74) is 0.135. The number of rotatable bonds is 0. The van der Waals surface area contributed by atoms with Gasteiger partial charge in [-0.05, 0) is 25.0 Å². The van der Waals surface area contributed by atoms with E-state index >= 15 is 0 Å². The molecule has 1 saturated carbocycles. The van der Waals surface area contributed by atoms with Crippen LogP contribution in [0.3, 0.4) is 0 Å². The number of anilines is 1. The molecule has 1 heterocycles. The van der Waals surface area contributed by atoms with Crippen molar-refractivity contribution >= 4 is 17.4 Å². The zero-order chi connectivity index (χ0) is 12.8. The molecule has 1 aromatic rings. The minimum atomic E-state index is -4.27. The van der Waals surface area contributed by atoms with E-state index in [0.717, 1.165) is 32.2 Å². The van der Waals surface area contributed by atoms with Crippen molar-refractivity contribution < 1.29 is 13.2 Å². The van der Waals surface area contributed by atoms with Gasteiger partial charge in [-0.1, -0.05) is 18.9 Å². The number of nitrogens with one attached hydrogen (secondary N) is 1. The van der Waals surface area contributed by atoms with Crippen LogP contribution in [0.25, 0.3) is 0 Å². The molecule has 2 aliphatic rings. The third kappa shape index (κ3) is 1.98. The number of hydrogen-bond acceptors (Lipinski definition) is 2. The second kappa shape index (κ2) is 4.08. The number of alkyl halides is 3. The van der Waals surface area contributed by atoms with Gasteiger partial charge in [0.1, 0.15) is 0 Å². The van der Waals surface area contributed by atoms with Crippen molar-refractivity contribution in [2.75, 3.05) is 11.9 Å². The van der Waals surface area contributed by atoms with Crippen LogP contribution < -0.4 is 5.32 Å². The van der Waals surface area contributed by atoms with Gasteiger partial charge >= 0.3 is 6.18 Å². The van der Waals surface area contributed by atoms with Gasteiger partial charge in [-0.2, -0.15) is 13.2 Å². The fraction of sp³-hybridized carbons (Fsp3) is 0.538. The van der Waals surface area contributed by atoms with E-state index in [1.165, 1.54) is 23.9 Å². The fourth-order valence-corrected chi connectivity index (χ4v) is 4.43. The van der Waals surface area contributed by atoms with Gasteiger partial charge in [0.2, 0.25) is 0 Å². The van der Waals surface area contributed by atoms with E-state index in [-0.39, 0.29) is 4.75 Å². The molecule has 18 heavy (non-hydrogen) atoms. The van der Waals surface area contributed by atoms with Gasteiger partial charge in [0.05, 0.1) is 5.56 Å². The lowest BCUT2D eigenvalue weighted by molar-refractivity contribution is -0.139. The zero-order valence-corrected chi connectivity index (χ0v) is 10.6. The van der Waals surface area contributed by atoms with Crippen LogP contribution in [-0.4, -0.2) is 11.3 Å². The first-order chi connectivity index (χ1) is 8.50. The molecule has 1 N–H and O–H groups in total. The summed E-state index contributed by atoms with van der Waals surface area (Å²) in [4.78, 5) is 0.387. The Balaban J connectivity index is 2.02. The van der Waals surface area contributed by atoms with Crippen molar-refractivity contribution in [3.8, 4) is 0 Å². The maximum absolute atomic E-state index is 13.0. The zero-order valence-electron chi connectivity index (χ0n) is 9.81. The molecule has 0 aromatic heterocycles. The Hall–Kier alpha value is -0.840. The molecule has 0 unspecified atom stereocenters. The fourth-order valence-electron chi connectivity index (χ4n) is 2.82. The van der Waals surface area contributed by atoms with Crippen LogP contribution in [0.5, 0.6) is 0 Å². The number of hydrogen-bond donors (Lipinski definition) is 1. The average molecular weight is 273 g/mol. The largest absolute Gasteiger partial charge is 0.417 e. The van der Waals surface area contributed by atoms with E-state index in [2.05, 4.69) is 5.32 Å². The Morgan fingerprint density at radius 2 is 1.89 bits per heavy atom. The van der Waals surface area contributed by atoms with Gasteiger partial charge in [0, 0.05) is 21.9 Å². The Kier molecular flexibility index (Phi) is 2.77. The molecule has 3 rings (SSSR count). The highest BCUT2D eigenvalue weighted by Gasteiger charge is 2.42. The third-order valence-corrected chi connectivity index (χ3v) is 5.38. The van der Waals surface area contributed by atoms with Gasteiger partial charge in [0.15, 0.2) is 0 Å². The maximum atomic E-state index is 13.0. The third-order valence-electron chi connectivity index (χ3n) is 3.75. The molecule has 0 amide bonds. The first kappa shape index (κ1) is 12.2. The van der Waals surface area contributed by atoms with E-state index in [1.54, 1.807) is 6.07 Å². The quantitative estimate of drug-likeness (QED) is 0.745. The summed E-state index contributed by atoms with van der Waals surface area (Å²) in [6.07, 6.45) is 0.000149. The van der Waals surface area contributed by atoms with E-state index in [9.17, 15) is 13.2 Å². The van der Waals surface area contributed by atoms with Crippen molar-refractivity contribution in [3.63, 3.8) is 0 Å². The Morgan fingerprint density at radius 3 is 2.56 bits per heavy atom. The minimum absolute atomic E-state index is 0.0195. The number of benzene rings is 1. The molecular formula is C13H14F3NS. The highest BCUT2D eigenvalue weighted by atomic mass is 32.2. The van der Waals surface area contributed by atoms with Crippen molar-refractivity contribution in [2.45, 2.75) is 41.5 Å². The number of halogens is 3. The summed E-state index contributed by atoms with van der Waals surface area (Å²) >= 11 is 1.44. The topological polar surface area (TPSA) is 12.0 Å². The normalized spacial score (nSPS) is 21.7. The standard InChI is InChI=1S/C13H14F3NS/c14-13(15,16)9-4-3-5-10-11(9)18-12(8-17-10)6-1-2-7-12/h3-5,17H,1-2,6-8H2. The van der Waals surface area contributed by atoms with Gasteiger partial charge in [0.25, 0.3) is 0 Å². The second-order valence-electron chi connectivity index (χ2n) is 5.03. The molecule has 1 aliphatic carbocycles. The van der Waals surface area contributed by atoms with Crippen LogP contribution >= 0.6 is 11.8 Å². The predicted molar refractivity (Wildman–Crippen MR) is 67.0 cm³/mol. The Labute approximate surface area is 108 Å². The first-order valence-electron chi connectivity index (χ1n) is 6.13. The van der Waals surface area contributed by atoms with Gasteiger partial charge < -0.3 is 5.32 Å². The van der Waals surface area contributed by atoms with Crippen LogP contribution in [0.15, 0.2) is 23.1 Å². The van der Waals surface area contributed by atoms with Crippen LogP contribution in [0.2, 0.25) is 0 Å². The molecule has 0 bridgehead atoms. The molecule has 1 aliphatic heterocycles. The van der Waals surface area contributed by atoms with Crippen LogP contribution in [-0.2, 0) is 6.18 Å². The van der Waals surface area contributed by atoms with Crippen LogP contribution in [0.4, 0.5) is 18.9 Å². The summed E-state index contributed by atoms with van der Waals surface area (Å²) < 4.78 is 39.0. The average Bonchev–Trinajstić information content (AvgIpc) is 2.75. The van der Waals surface area contributed by atoms with E-state index < -0.39 is 11.7 Å². The summed E-state index contributed by atoms with van der Waals surface area (Å²) in [6, 6.07) is 4.39. The SMILES string of the molecule is FC(F)(F)c1cccc2c1SC1(CCCC1)CN2. The predicted octanol–water partition coefficient (Wildman–Crippen LogP) is 4.54. The van der Waals surface area contributed by atoms with Gasteiger partial charge in [-0.15, -0.1) is 11.8 Å². The molecule has 1 nitrogen and oxygen atoms in total. The molecule has 5 heteroatoms. The summed E-state index contributed by atoms with van der Waals surface area (Å²) in [5, 5.41) is 3.19. The number of thioether (sulfide) groups is 1. The molecule has 0 atom stereocenters. The molecule has 1 spiro atoms. The molecule has 1 aromatic carbocycles. The summed E-state index contributed by atoms with van der Waals surface area (Å²) in [6.45, 7) is 0.784. The van der Waals surface area contributed by atoms with Gasteiger partial charge in [-0.3, -0.25) is 0 Å². The van der Waals surface area contributed by atoms with E-state index in [1.807, 2.05) is 0 Å². The molecule has 0 saturated heterocycles. The number of fused-ring (bicyclic) bond motifs is 1. The Morgan fingerprint density at radius 1 is 1.17 bits per heavy atom. The Bertz CT molecular complexity index is 464. The lowest BCUT2D eigenvalue weighted by Gasteiger charge is -2.36. The lowest BCUT2D eigenvalue weighted by atomic mass is 10.1. The smallest absolute Gasteiger partial charge is 0.383 e. The second-order valence-corrected chi connectivity index (χ2v) is 6.50. The monoisotopic (exact) mass is 273 g/mol.